The van der Waals surface area contributed by atoms with Crippen molar-refractivity contribution in [3.8, 4) is 11.5 Å². The van der Waals surface area contributed by atoms with E-state index in [1.54, 1.807) is 18.9 Å². The third kappa shape index (κ3) is 5.87. The topological polar surface area (TPSA) is 18.5 Å². The van der Waals surface area contributed by atoms with Gasteiger partial charge in [-0.05, 0) is 61.4 Å². The Kier molecular flexibility index (Phi) is 7.26. The van der Waals surface area contributed by atoms with Crippen LogP contribution in [0.3, 0.4) is 0 Å². The van der Waals surface area contributed by atoms with E-state index in [9.17, 15) is 13.2 Å². The molecule has 2 aromatic rings. The molecule has 0 heterocycles. The number of hydrogen-bond donors (Lipinski definition) is 0. The summed E-state index contributed by atoms with van der Waals surface area (Å²) in [5.74, 6) is 2.52. The molecule has 0 radical (unpaired) electrons. The number of hydrogen-bond acceptors (Lipinski definition) is 3. The van der Waals surface area contributed by atoms with Gasteiger partial charge in [0.25, 0.3) is 0 Å². The molecular weight excluding hydrogens is 361 g/mol. The Balaban J connectivity index is 1.86. The molecule has 6 heteroatoms. The van der Waals surface area contributed by atoms with Crippen LogP contribution in [0.15, 0.2) is 47.4 Å². The molecular formula is C20H23F3O2S. The lowest BCUT2D eigenvalue weighted by atomic mass is 10.1. The first-order valence-corrected chi connectivity index (χ1v) is 9.39. The molecule has 2 nitrogen and oxygen atoms in total. The van der Waals surface area contributed by atoms with Gasteiger partial charge in [-0.1, -0.05) is 6.92 Å². The summed E-state index contributed by atoms with van der Waals surface area (Å²) in [5, 5.41) is 0. The number of methoxy groups -OCH3 is 1. The van der Waals surface area contributed by atoms with Gasteiger partial charge in [0, 0.05) is 16.6 Å². The lowest BCUT2D eigenvalue weighted by Crippen LogP contribution is -2.14. The van der Waals surface area contributed by atoms with E-state index in [0.29, 0.717) is 18.3 Å². The largest absolute Gasteiger partial charge is 0.496 e. The van der Waals surface area contributed by atoms with Crippen molar-refractivity contribution >= 4 is 11.8 Å². The molecule has 0 aromatic heterocycles. The lowest BCUT2D eigenvalue weighted by molar-refractivity contribution is -0.137. The normalized spacial score (nSPS) is 12.7. The Morgan fingerprint density at radius 3 is 2.31 bits per heavy atom. The number of benzene rings is 2. The monoisotopic (exact) mass is 384 g/mol. The number of halogens is 3. The summed E-state index contributed by atoms with van der Waals surface area (Å²) in [6.45, 7) is 4.57. The third-order valence-corrected chi connectivity index (χ3v) is 5.32. The van der Waals surface area contributed by atoms with Gasteiger partial charge >= 0.3 is 6.18 Å². The highest BCUT2D eigenvalue weighted by Crippen LogP contribution is 2.31. The molecule has 0 aliphatic heterocycles. The molecule has 26 heavy (non-hydrogen) atoms. The molecule has 0 saturated carbocycles. The molecule has 0 spiro atoms. The zero-order chi connectivity index (χ0) is 19.2. The van der Waals surface area contributed by atoms with E-state index < -0.39 is 11.7 Å². The molecule has 142 valence electrons. The summed E-state index contributed by atoms with van der Waals surface area (Å²) in [5.41, 5.74) is 0.425. The van der Waals surface area contributed by atoms with Crippen LogP contribution in [0.1, 0.15) is 24.5 Å². The van der Waals surface area contributed by atoms with Gasteiger partial charge in [0.15, 0.2) is 0 Å². The van der Waals surface area contributed by atoms with Crippen LogP contribution >= 0.6 is 11.8 Å². The van der Waals surface area contributed by atoms with Crippen molar-refractivity contribution in [1.29, 1.82) is 0 Å². The zero-order valence-corrected chi connectivity index (χ0v) is 15.9. The predicted molar refractivity (Wildman–Crippen MR) is 99.2 cm³/mol. The van der Waals surface area contributed by atoms with Crippen molar-refractivity contribution in [3.05, 3.63) is 53.6 Å². The van der Waals surface area contributed by atoms with Crippen LogP contribution < -0.4 is 9.47 Å². The number of aryl methyl sites for hydroxylation is 1. The fourth-order valence-corrected chi connectivity index (χ4v) is 3.58. The summed E-state index contributed by atoms with van der Waals surface area (Å²) in [6, 6.07) is 10.9. The molecule has 0 bridgehead atoms. The van der Waals surface area contributed by atoms with Crippen LogP contribution in [0.2, 0.25) is 0 Å². The predicted octanol–water partition coefficient (Wildman–Crippen LogP) is 6.22. The summed E-state index contributed by atoms with van der Waals surface area (Å²) >= 11 is 1.74. The van der Waals surface area contributed by atoms with Gasteiger partial charge in [-0.15, -0.1) is 11.8 Å². The molecule has 0 amide bonds. The lowest BCUT2D eigenvalue weighted by Gasteiger charge is -2.16. The first-order chi connectivity index (χ1) is 12.3. The molecule has 2 rings (SSSR count). The SMILES string of the molecule is CC[C@H](COc1ccc(C(F)(F)F)cc1)CSc1ccc(OC)c(C)c1. The van der Waals surface area contributed by atoms with Gasteiger partial charge in [0.05, 0.1) is 19.3 Å². The smallest absolute Gasteiger partial charge is 0.416 e. The summed E-state index contributed by atoms with van der Waals surface area (Å²) in [6.07, 6.45) is -3.39. The zero-order valence-electron chi connectivity index (χ0n) is 15.1. The maximum absolute atomic E-state index is 12.6. The van der Waals surface area contributed by atoms with Gasteiger partial charge in [-0.2, -0.15) is 13.2 Å². The third-order valence-electron chi connectivity index (χ3n) is 4.10. The van der Waals surface area contributed by atoms with Crippen LogP contribution in [0, 0.1) is 12.8 Å². The number of alkyl halides is 3. The Labute approximate surface area is 156 Å². The number of rotatable bonds is 8. The van der Waals surface area contributed by atoms with E-state index in [1.165, 1.54) is 12.1 Å². The van der Waals surface area contributed by atoms with Gasteiger partial charge in [-0.25, -0.2) is 0 Å². The van der Waals surface area contributed by atoms with Crippen LogP contribution in [-0.4, -0.2) is 19.5 Å². The maximum Gasteiger partial charge on any atom is 0.416 e. The van der Waals surface area contributed by atoms with E-state index in [-0.39, 0.29) is 0 Å². The Bertz CT molecular complexity index is 699. The summed E-state index contributed by atoms with van der Waals surface area (Å²) in [4.78, 5) is 1.16. The second-order valence-corrected chi connectivity index (χ2v) is 7.14. The number of thioether (sulfide) groups is 1. The maximum atomic E-state index is 12.6. The van der Waals surface area contributed by atoms with E-state index in [0.717, 1.165) is 40.5 Å². The molecule has 0 saturated heterocycles. The minimum atomic E-state index is -4.32. The van der Waals surface area contributed by atoms with Crippen molar-refractivity contribution in [1.82, 2.24) is 0 Å². The first-order valence-electron chi connectivity index (χ1n) is 8.41. The fraction of sp³-hybridized carbons (Fsp3) is 0.400. The summed E-state index contributed by atoms with van der Waals surface area (Å²) in [7, 11) is 1.65. The van der Waals surface area contributed by atoms with Gasteiger partial charge in [-0.3, -0.25) is 0 Å². The first kappa shape index (κ1) is 20.5. The van der Waals surface area contributed by atoms with Gasteiger partial charge in [0.1, 0.15) is 11.5 Å². The van der Waals surface area contributed by atoms with Crippen molar-refractivity contribution in [2.24, 2.45) is 5.92 Å². The van der Waals surface area contributed by atoms with E-state index in [4.69, 9.17) is 9.47 Å². The fourth-order valence-electron chi connectivity index (χ4n) is 2.39. The van der Waals surface area contributed by atoms with Crippen LogP contribution in [0.25, 0.3) is 0 Å². The molecule has 2 aromatic carbocycles. The minimum absolute atomic E-state index is 0.310. The standard InChI is InChI=1S/C20H23F3O2S/c1-4-15(13-26-18-9-10-19(24-3)14(2)11-18)12-25-17-7-5-16(6-8-17)20(21,22)23/h5-11,15H,4,12-13H2,1-3H3/t15-/m1/s1. The summed E-state index contributed by atoms with van der Waals surface area (Å²) < 4.78 is 48.7. The Morgan fingerprint density at radius 2 is 1.77 bits per heavy atom. The molecule has 0 fully saturated rings. The molecule has 0 aliphatic rings. The van der Waals surface area contributed by atoms with Crippen molar-refractivity contribution in [3.63, 3.8) is 0 Å². The van der Waals surface area contributed by atoms with E-state index in [2.05, 4.69) is 13.0 Å². The van der Waals surface area contributed by atoms with Crippen molar-refractivity contribution < 1.29 is 22.6 Å². The van der Waals surface area contributed by atoms with Crippen LogP contribution in [-0.2, 0) is 6.18 Å². The van der Waals surface area contributed by atoms with E-state index >= 15 is 0 Å². The van der Waals surface area contributed by atoms with Crippen LogP contribution in [0.4, 0.5) is 13.2 Å². The molecule has 0 aliphatic carbocycles. The second kappa shape index (κ2) is 9.21. The quantitative estimate of drug-likeness (QED) is 0.503. The molecule has 0 unspecified atom stereocenters. The highest BCUT2D eigenvalue weighted by molar-refractivity contribution is 7.99. The average Bonchev–Trinajstić information content (AvgIpc) is 2.61. The number of ether oxygens (including phenoxy) is 2. The average molecular weight is 384 g/mol. The second-order valence-electron chi connectivity index (χ2n) is 6.05. The van der Waals surface area contributed by atoms with E-state index in [1.807, 2.05) is 19.1 Å². The highest BCUT2D eigenvalue weighted by Gasteiger charge is 2.30. The van der Waals surface area contributed by atoms with Crippen molar-refractivity contribution in [2.45, 2.75) is 31.3 Å². The molecule has 0 N–H and O–H groups in total. The Hall–Kier alpha value is -1.82. The highest BCUT2D eigenvalue weighted by atomic mass is 32.2. The van der Waals surface area contributed by atoms with Crippen molar-refractivity contribution in [2.75, 3.05) is 19.5 Å². The molecule has 1 atom stereocenters. The van der Waals surface area contributed by atoms with Crippen LogP contribution in [0.5, 0.6) is 11.5 Å². The Morgan fingerprint density at radius 1 is 1.08 bits per heavy atom. The van der Waals surface area contributed by atoms with Gasteiger partial charge in [0.2, 0.25) is 0 Å². The van der Waals surface area contributed by atoms with Gasteiger partial charge < -0.3 is 9.47 Å². The minimum Gasteiger partial charge on any atom is -0.496 e.